The number of rotatable bonds is 5. The molecule has 0 aromatic heterocycles. The van der Waals surface area contributed by atoms with Crippen LogP contribution in [-0.4, -0.2) is 24.6 Å². The molecule has 1 saturated carbocycles. The highest BCUT2D eigenvalue weighted by atomic mass is 35.5. The number of nitrogens with one attached hydrogen (secondary N) is 1. The molecule has 0 unspecified atom stereocenters. The number of nitrogens with two attached hydrogens (primary N) is 1. The Kier molecular flexibility index (Phi) is 6.49. The summed E-state index contributed by atoms with van der Waals surface area (Å²) in [6.07, 6.45) is 3.67. The molecule has 0 spiro atoms. The predicted octanol–water partition coefficient (Wildman–Crippen LogP) is 2.49. The van der Waals surface area contributed by atoms with Gasteiger partial charge in [-0.05, 0) is 49.9 Å². The third kappa shape index (κ3) is 4.90. The van der Waals surface area contributed by atoms with Gasteiger partial charge >= 0.3 is 0 Å². The van der Waals surface area contributed by atoms with Crippen molar-refractivity contribution in [2.75, 3.05) is 13.2 Å². The lowest BCUT2D eigenvalue weighted by atomic mass is 9.98. The summed E-state index contributed by atoms with van der Waals surface area (Å²) in [5, 5.41) is 2.88. The molecule has 5 heteroatoms. The Bertz CT molecular complexity index is 465. The minimum atomic E-state index is -0.653. The standard InChI is InChI=1S/C16H24N2O2.ClH/c1-12-9-13(2)11-14(10-12)20-8-7-18-15(19)16(17)5-3-4-6-16;/h9-11H,3-8,17H2,1-2H3,(H,18,19);1H. The largest absolute Gasteiger partial charge is 0.492 e. The lowest BCUT2D eigenvalue weighted by molar-refractivity contribution is -0.126. The van der Waals surface area contributed by atoms with Gasteiger partial charge in [-0.25, -0.2) is 0 Å². The first-order valence-corrected chi connectivity index (χ1v) is 7.28. The number of benzene rings is 1. The molecule has 1 aromatic rings. The number of aryl methyl sites for hydroxylation is 2. The Balaban J connectivity index is 0.00000220. The second-order valence-corrected chi connectivity index (χ2v) is 5.79. The molecule has 1 aromatic carbocycles. The second kappa shape index (κ2) is 7.66. The normalized spacial score (nSPS) is 16.1. The summed E-state index contributed by atoms with van der Waals surface area (Å²) in [5.74, 6) is 0.805. The maximum absolute atomic E-state index is 12.0. The summed E-state index contributed by atoms with van der Waals surface area (Å²) in [6, 6.07) is 6.10. The summed E-state index contributed by atoms with van der Waals surface area (Å²) in [4.78, 5) is 12.0. The molecule has 21 heavy (non-hydrogen) atoms. The number of halogens is 1. The predicted molar refractivity (Wildman–Crippen MR) is 87.1 cm³/mol. The zero-order valence-corrected chi connectivity index (χ0v) is 13.6. The fourth-order valence-corrected chi connectivity index (χ4v) is 2.76. The first-order valence-electron chi connectivity index (χ1n) is 7.28. The smallest absolute Gasteiger partial charge is 0.240 e. The van der Waals surface area contributed by atoms with E-state index in [2.05, 4.69) is 11.4 Å². The highest BCUT2D eigenvalue weighted by Gasteiger charge is 2.36. The Labute approximate surface area is 132 Å². The molecule has 0 saturated heterocycles. The highest BCUT2D eigenvalue weighted by molar-refractivity contribution is 5.86. The average molecular weight is 313 g/mol. The summed E-state index contributed by atoms with van der Waals surface area (Å²) < 4.78 is 5.66. The lowest BCUT2D eigenvalue weighted by Gasteiger charge is -2.22. The molecular weight excluding hydrogens is 288 g/mol. The third-order valence-electron chi connectivity index (χ3n) is 3.80. The van der Waals surface area contributed by atoms with Crippen LogP contribution in [0.3, 0.4) is 0 Å². The van der Waals surface area contributed by atoms with E-state index in [1.165, 1.54) is 11.1 Å². The molecule has 2 rings (SSSR count). The molecule has 1 aliphatic carbocycles. The molecule has 0 aliphatic heterocycles. The molecule has 0 radical (unpaired) electrons. The van der Waals surface area contributed by atoms with Gasteiger partial charge in [0.05, 0.1) is 12.1 Å². The van der Waals surface area contributed by atoms with Gasteiger partial charge < -0.3 is 15.8 Å². The molecule has 1 amide bonds. The van der Waals surface area contributed by atoms with Crippen LogP contribution in [0.25, 0.3) is 0 Å². The van der Waals surface area contributed by atoms with Crippen LogP contribution >= 0.6 is 12.4 Å². The third-order valence-corrected chi connectivity index (χ3v) is 3.80. The van der Waals surface area contributed by atoms with Crippen LogP contribution in [0.2, 0.25) is 0 Å². The summed E-state index contributed by atoms with van der Waals surface area (Å²) in [7, 11) is 0. The zero-order valence-electron chi connectivity index (χ0n) is 12.8. The van der Waals surface area contributed by atoms with Crippen molar-refractivity contribution in [3.63, 3.8) is 0 Å². The highest BCUT2D eigenvalue weighted by Crippen LogP contribution is 2.27. The molecule has 4 nitrogen and oxygen atoms in total. The van der Waals surface area contributed by atoms with E-state index in [9.17, 15) is 4.79 Å². The van der Waals surface area contributed by atoms with Crippen LogP contribution in [-0.2, 0) is 4.79 Å². The molecule has 3 N–H and O–H groups in total. The van der Waals surface area contributed by atoms with Crippen molar-refractivity contribution in [2.45, 2.75) is 45.1 Å². The van der Waals surface area contributed by atoms with Crippen LogP contribution < -0.4 is 15.8 Å². The Morgan fingerprint density at radius 2 is 1.81 bits per heavy atom. The van der Waals surface area contributed by atoms with Gasteiger partial charge in [0.2, 0.25) is 5.91 Å². The van der Waals surface area contributed by atoms with Crippen molar-refractivity contribution in [2.24, 2.45) is 5.73 Å². The maximum atomic E-state index is 12.0. The fourth-order valence-electron chi connectivity index (χ4n) is 2.76. The van der Waals surface area contributed by atoms with E-state index in [-0.39, 0.29) is 18.3 Å². The minimum absolute atomic E-state index is 0. The van der Waals surface area contributed by atoms with Crippen LogP contribution in [0, 0.1) is 13.8 Å². The van der Waals surface area contributed by atoms with Crippen LogP contribution in [0.1, 0.15) is 36.8 Å². The molecule has 1 aliphatic rings. The maximum Gasteiger partial charge on any atom is 0.240 e. The number of hydrogen-bond acceptors (Lipinski definition) is 3. The molecular formula is C16H25ClN2O2. The van der Waals surface area contributed by atoms with Crippen molar-refractivity contribution in [3.05, 3.63) is 29.3 Å². The first-order chi connectivity index (χ1) is 9.49. The van der Waals surface area contributed by atoms with E-state index < -0.39 is 5.54 Å². The number of carbonyl (C=O) groups is 1. The van der Waals surface area contributed by atoms with E-state index in [4.69, 9.17) is 10.5 Å². The fraction of sp³-hybridized carbons (Fsp3) is 0.562. The Morgan fingerprint density at radius 1 is 1.24 bits per heavy atom. The van der Waals surface area contributed by atoms with Crippen LogP contribution in [0.5, 0.6) is 5.75 Å². The summed E-state index contributed by atoms with van der Waals surface area (Å²) in [6.45, 7) is 5.04. The number of carbonyl (C=O) groups excluding carboxylic acids is 1. The van der Waals surface area contributed by atoms with Gasteiger partial charge in [-0.3, -0.25) is 4.79 Å². The lowest BCUT2D eigenvalue weighted by Crippen LogP contribution is -2.52. The van der Waals surface area contributed by atoms with E-state index in [0.717, 1.165) is 31.4 Å². The average Bonchev–Trinajstić information content (AvgIpc) is 2.81. The van der Waals surface area contributed by atoms with Gasteiger partial charge in [-0.1, -0.05) is 18.9 Å². The summed E-state index contributed by atoms with van der Waals surface area (Å²) >= 11 is 0. The van der Waals surface area contributed by atoms with Gasteiger partial charge in [0.25, 0.3) is 0 Å². The Hall–Kier alpha value is -1.26. The quantitative estimate of drug-likeness (QED) is 0.821. The van der Waals surface area contributed by atoms with Gasteiger partial charge in [-0.2, -0.15) is 0 Å². The van der Waals surface area contributed by atoms with Crippen molar-refractivity contribution < 1.29 is 9.53 Å². The zero-order chi connectivity index (χ0) is 14.6. The monoisotopic (exact) mass is 312 g/mol. The molecule has 0 atom stereocenters. The van der Waals surface area contributed by atoms with Crippen molar-refractivity contribution in [1.29, 1.82) is 0 Å². The van der Waals surface area contributed by atoms with Crippen molar-refractivity contribution in [1.82, 2.24) is 5.32 Å². The van der Waals surface area contributed by atoms with E-state index in [1.807, 2.05) is 26.0 Å². The molecule has 1 fully saturated rings. The molecule has 0 bridgehead atoms. The second-order valence-electron chi connectivity index (χ2n) is 5.79. The SMILES string of the molecule is Cc1cc(C)cc(OCCNC(=O)C2(N)CCCC2)c1.Cl. The van der Waals surface area contributed by atoms with E-state index in [0.29, 0.717) is 13.2 Å². The van der Waals surface area contributed by atoms with Crippen molar-refractivity contribution >= 4 is 18.3 Å². The summed E-state index contributed by atoms with van der Waals surface area (Å²) in [5.41, 5.74) is 7.78. The number of ether oxygens (including phenoxy) is 1. The van der Waals surface area contributed by atoms with E-state index >= 15 is 0 Å². The van der Waals surface area contributed by atoms with Crippen molar-refractivity contribution in [3.8, 4) is 5.75 Å². The van der Waals surface area contributed by atoms with Gasteiger partial charge in [0.1, 0.15) is 12.4 Å². The Morgan fingerprint density at radius 3 is 2.38 bits per heavy atom. The minimum Gasteiger partial charge on any atom is -0.492 e. The van der Waals surface area contributed by atoms with Gasteiger partial charge in [0.15, 0.2) is 0 Å². The first kappa shape index (κ1) is 17.8. The van der Waals surface area contributed by atoms with Gasteiger partial charge in [0, 0.05) is 0 Å². The number of hydrogen-bond donors (Lipinski definition) is 2. The van der Waals surface area contributed by atoms with Gasteiger partial charge in [-0.15, -0.1) is 12.4 Å². The topological polar surface area (TPSA) is 64.3 Å². The molecule has 118 valence electrons. The number of amides is 1. The van der Waals surface area contributed by atoms with E-state index in [1.54, 1.807) is 0 Å². The molecule has 0 heterocycles. The van der Waals surface area contributed by atoms with Crippen LogP contribution in [0.15, 0.2) is 18.2 Å². The van der Waals surface area contributed by atoms with Crippen LogP contribution in [0.4, 0.5) is 0 Å².